The molecule has 0 heterocycles. The van der Waals surface area contributed by atoms with Gasteiger partial charge in [-0.05, 0) is 55.0 Å². The van der Waals surface area contributed by atoms with Gasteiger partial charge in [-0.3, -0.25) is 9.59 Å². The van der Waals surface area contributed by atoms with E-state index in [4.69, 9.17) is 15.2 Å². The van der Waals surface area contributed by atoms with Gasteiger partial charge >= 0.3 is 5.97 Å². The fraction of sp³-hybridized carbons (Fsp3) is 0.125. The van der Waals surface area contributed by atoms with Crippen LogP contribution in [-0.2, 0) is 16.1 Å². The molecule has 31 heavy (non-hydrogen) atoms. The van der Waals surface area contributed by atoms with E-state index in [0.717, 1.165) is 5.56 Å². The molecule has 0 aliphatic heterocycles. The molecule has 0 aromatic heterocycles. The van der Waals surface area contributed by atoms with Crippen molar-refractivity contribution in [1.29, 1.82) is 0 Å². The van der Waals surface area contributed by atoms with Crippen molar-refractivity contribution in [2.45, 2.75) is 19.6 Å². The molecule has 0 bridgehead atoms. The van der Waals surface area contributed by atoms with Gasteiger partial charge in [-0.1, -0.05) is 36.4 Å². The van der Waals surface area contributed by atoms with Crippen LogP contribution in [0, 0.1) is 0 Å². The number of hydrogen-bond acceptors (Lipinski definition) is 5. The summed E-state index contributed by atoms with van der Waals surface area (Å²) in [6.07, 6.45) is -1.03. The SMILES string of the molecule is C[C@H](OC(=O)c1cccc(OCc2ccccc2)c1)C(=O)Nc1ccc(C(N)=O)cc1. The average Bonchev–Trinajstić information content (AvgIpc) is 2.79. The second-order valence-electron chi connectivity index (χ2n) is 6.78. The van der Waals surface area contributed by atoms with E-state index in [1.165, 1.54) is 19.1 Å². The molecule has 0 aliphatic rings. The molecule has 7 heteroatoms. The molecule has 7 nitrogen and oxygen atoms in total. The van der Waals surface area contributed by atoms with Crippen molar-refractivity contribution in [2.24, 2.45) is 5.73 Å². The Morgan fingerprint density at radius 2 is 1.61 bits per heavy atom. The summed E-state index contributed by atoms with van der Waals surface area (Å²) in [4.78, 5) is 35.9. The van der Waals surface area contributed by atoms with Gasteiger partial charge in [-0.15, -0.1) is 0 Å². The van der Waals surface area contributed by atoms with Crippen LogP contribution in [0.4, 0.5) is 5.69 Å². The number of primary amides is 1. The first-order valence-electron chi connectivity index (χ1n) is 9.61. The summed E-state index contributed by atoms with van der Waals surface area (Å²) in [5.74, 6) is -1.19. The standard InChI is InChI=1S/C24H22N2O5/c1-16(23(28)26-20-12-10-18(11-13-20)22(25)27)31-24(29)19-8-5-9-21(14-19)30-15-17-6-3-2-4-7-17/h2-14,16H,15H2,1H3,(H2,25,27)(H,26,28)/t16-/m0/s1. The molecule has 0 aliphatic carbocycles. The molecule has 3 aromatic carbocycles. The number of nitrogens with two attached hydrogens (primary N) is 1. The molecular formula is C24H22N2O5. The highest BCUT2D eigenvalue weighted by atomic mass is 16.5. The number of esters is 1. The fourth-order valence-corrected chi connectivity index (χ4v) is 2.70. The van der Waals surface area contributed by atoms with Gasteiger partial charge in [0.05, 0.1) is 5.56 Å². The van der Waals surface area contributed by atoms with Crippen LogP contribution in [0.1, 0.15) is 33.2 Å². The van der Waals surface area contributed by atoms with E-state index in [9.17, 15) is 14.4 Å². The number of benzene rings is 3. The third-order valence-corrected chi connectivity index (χ3v) is 4.41. The lowest BCUT2D eigenvalue weighted by Gasteiger charge is -2.14. The van der Waals surface area contributed by atoms with E-state index >= 15 is 0 Å². The van der Waals surface area contributed by atoms with Crippen LogP contribution in [0.25, 0.3) is 0 Å². The Bertz CT molecular complexity index is 1060. The molecular weight excluding hydrogens is 396 g/mol. The zero-order valence-corrected chi connectivity index (χ0v) is 16.9. The summed E-state index contributed by atoms with van der Waals surface area (Å²) in [7, 11) is 0. The number of ether oxygens (including phenoxy) is 2. The number of nitrogens with one attached hydrogen (secondary N) is 1. The van der Waals surface area contributed by atoms with Crippen LogP contribution in [0.15, 0.2) is 78.9 Å². The lowest BCUT2D eigenvalue weighted by Crippen LogP contribution is -2.30. The Morgan fingerprint density at radius 3 is 2.29 bits per heavy atom. The Hall–Kier alpha value is -4.13. The summed E-state index contributed by atoms with van der Waals surface area (Å²) in [5.41, 5.74) is 7.25. The van der Waals surface area contributed by atoms with Crippen molar-refractivity contribution in [2.75, 3.05) is 5.32 Å². The molecule has 2 amide bonds. The molecule has 158 valence electrons. The van der Waals surface area contributed by atoms with Gasteiger partial charge < -0.3 is 20.5 Å². The number of carbonyl (C=O) groups excluding carboxylic acids is 3. The van der Waals surface area contributed by atoms with Crippen LogP contribution in [0.5, 0.6) is 5.75 Å². The second-order valence-corrected chi connectivity index (χ2v) is 6.78. The maximum atomic E-state index is 12.4. The first-order valence-corrected chi connectivity index (χ1v) is 9.61. The van der Waals surface area contributed by atoms with Crippen molar-refractivity contribution in [3.05, 3.63) is 95.6 Å². The van der Waals surface area contributed by atoms with Gasteiger partial charge in [0, 0.05) is 11.3 Å². The normalized spacial score (nSPS) is 11.3. The molecule has 3 aromatic rings. The molecule has 3 rings (SSSR count). The van der Waals surface area contributed by atoms with Gasteiger partial charge in [0.1, 0.15) is 12.4 Å². The first kappa shape index (κ1) is 21.6. The predicted molar refractivity (Wildman–Crippen MR) is 116 cm³/mol. The van der Waals surface area contributed by atoms with Crippen molar-refractivity contribution in [3.8, 4) is 5.75 Å². The minimum atomic E-state index is -1.03. The zero-order chi connectivity index (χ0) is 22.2. The number of carbonyl (C=O) groups is 3. The third kappa shape index (κ3) is 6.17. The smallest absolute Gasteiger partial charge is 0.339 e. The van der Waals surface area contributed by atoms with E-state index in [-0.39, 0.29) is 5.56 Å². The van der Waals surface area contributed by atoms with E-state index in [1.54, 1.807) is 36.4 Å². The van der Waals surface area contributed by atoms with Gasteiger partial charge in [0.2, 0.25) is 5.91 Å². The van der Waals surface area contributed by atoms with Gasteiger partial charge in [-0.25, -0.2) is 4.79 Å². The molecule has 0 fully saturated rings. The molecule has 0 unspecified atom stereocenters. The van der Waals surface area contributed by atoms with Crippen molar-refractivity contribution >= 4 is 23.5 Å². The second kappa shape index (κ2) is 10.1. The fourth-order valence-electron chi connectivity index (χ4n) is 2.70. The van der Waals surface area contributed by atoms with Crippen LogP contribution in [-0.4, -0.2) is 23.9 Å². The first-order chi connectivity index (χ1) is 14.9. The summed E-state index contributed by atoms with van der Waals surface area (Å²) in [6.45, 7) is 1.84. The highest BCUT2D eigenvalue weighted by Crippen LogP contribution is 2.17. The van der Waals surface area contributed by atoms with Crippen LogP contribution < -0.4 is 15.8 Å². The largest absolute Gasteiger partial charge is 0.489 e. The lowest BCUT2D eigenvalue weighted by molar-refractivity contribution is -0.123. The minimum Gasteiger partial charge on any atom is -0.489 e. The number of amides is 2. The van der Waals surface area contributed by atoms with Crippen molar-refractivity contribution < 1.29 is 23.9 Å². The van der Waals surface area contributed by atoms with E-state index in [2.05, 4.69) is 5.32 Å². The van der Waals surface area contributed by atoms with Gasteiger partial charge in [-0.2, -0.15) is 0 Å². The van der Waals surface area contributed by atoms with Crippen LogP contribution in [0.3, 0.4) is 0 Å². The molecule has 0 saturated heterocycles. The molecule has 0 radical (unpaired) electrons. The summed E-state index contributed by atoms with van der Waals surface area (Å²) >= 11 is 0. The summed E-state index contributed by atoms with van der Waals surface area (Å²) < 4.78 is 11.0. The number of anilines is 1. The number of rotatable bonds is 8. The summed E-state index contributed by atoms with van der Waals surface area (Å²) in [6, 6.07) is 22.3. The minimum absolute atomic E-state index is 0.274. The summed E-state index contributed by atoms with van der Waals surface area (Å²) in [5, 5.41) is 2.62. The monoisotopic (exact) mass is 418 g/mol. The maximum absolute atomic E-state index is 12.4. The van der Waals surface area contributed by atoms with Crippen molar-refractivity contribution in [1.82, 2.24) is 0 Å². The zero-order valence-electron chi connectivity index (χ0n) is 16.9. The number of hydrogen-bond donors (Lipinski definition) is 2. The van der Waals surface area contributed by atoms with E-state index in [1.807, 2.05) is 30.3 Å². The predicted octanol–water partition coefficient (Wildman–Crippen LogP) is 3.55. The third-order valence-electron chi connectivity index (χ3n) is 4.41. The van der Waals surface area contributed by atoms with Gasteiger partial charge in [0.25, 0.3) is 5.91 Å². The Labute approximate surface area is 179 Å². The van der Waals surface area contributed by atoms with E-state index in [0.29, 0.717) is 23.6 Å². The highest BCUT2D eigenvalue weighted by molar-refractivity contribution is 5.98. The maximum Gasteiger partial charge on any atom is 0.339 e. The Balaban J connectivity index is 1.56. The van der Waals surface area contributed by atoms with Gasteiger partial charge in [0.15, 0.2) is 6.10 Å². The van der Waals surface area contributed by atoms with Crippen LogP contribution in [0.2, 0.25) is 0 Å². The average molecular weight is 418 g/mol. The lowest BCUT2D eigenvalue weighted by atomic mass is 10.2. The topological polar surface area (TPSA) is 108 Å². The highest BCUT2D eigenvalue weighted by Gasteiger charge is 2.19. The van der Waals surface area contributed by atoms with Crippen molar-refractivity contribution in [3.63, 3.8) is 0 Å². The van der Waals surface area contributed by atoms with E-state index < -0.39 is 23.9 Å². The Kier molecular flexibility index (Phi) is 7.01. The molecule has 0 spiro atoms. The Morgan fingerprint density at radius 1 is 0.903 bits per heavy atom. The van der Waals surface area contributed by atoms with Crippen LogP contribution >= 0.6 is 0 Å². The molecule has 3 N–H and O–H groups in total. The molecule has 0 saturated carbocycles. The molecule has 1 atom stereocenters. The quantitative estimate of drug-likeness (QED) is 0.544.